The average molecular weight is 438 g/mol. The van der Waals surface area contributed by atoms with Crippen molar-refractivity contribution in [3.05, 3.63) is 0 Å². The first-order valence-corrected chi connectivity index (χ1v) is 8.09. The van der Waals surface area contributed by atoms with Gasteiger partial charge in [0.05, 0.1) is 25.4 Å². The van der Waals surface area contributed by atoms with Gasteiger partial charge >= 0.3 is 0 Å². The summed E-state index contributed by atoms with van der Waals surface area (Å²) in [6.45, 7) is 3.27. The maximum absolute atomic E-state index is 11.7. The standard InChI is InChI=1S/C15H26N4O3.HI/c1-16-15(18-7-14(20)17-5-6-21-2)19-8-10-11(9-19)13-4-3-12(10)22-13;/h10-13H,3-9H2,1-2H3,(H,16,18)(H,17,20);1H. The molecule has 2 bridgehead atoms. The molecule has 2 N–H and O–H groups in total. The Balaban J connectivity index is 0.00000192. The molecule has 0 aromatic heterocycles. The van der Waals surface area contributed by atoms with Crippen LogP contribution in [0.3, 0.4) is 0 Å². The Labute approximate surface area is 154 Å². The molecule has 3 heterocycles. The lowest BCUT2D eigenvalue weighted by Gasteiger charge is -2.23. The molecule has 1 amide bonds. The van der Waals surface area contributed by atoms with Gasteiger partial charge in [-0.2, -0.15) is 0 Å². The Morgan fingerprint density at radius 1 is 1.26 bits per heavy atom. The van der Waals surface area contributed by atoms with Crippen LogP contribution in [-0.2, 0) is 14.3 Å². The number of aliphatic imine (C=N–C) groups is 1. The number of rotatable bonds is 5. The lowest BCUT2D eigenvalue weighted by molar-refractivity contribution is -0.120. The zero-order valence-electron chi connectivity index (χ0n) is 13.8. The van der Waals surface area contributed by atoms with Crippen molar-refractivity contribution in [1.82, 2.24) is 15.5 Å². The van der Waals surface area contributed by atoms with Crippen LogP contribution in [-0.4, -0.2) is 75.9 Å². The minimum absolute atomic E-state index is 0. The van der Waals surface area contributed by atoms with Crippen molar-refractivity contribution in [1.29, 1.82) is 0 Å². The molecular formula is C15H27IN4O3. The number of carbonyl (C=O) groups excluding carboxylic acids is 1. The first kappa shape index (κ1) is 18.7. The van der Waals surface area contributed by atoms with E-state index >= 15 is 0 Å². The van der Waals surface area contributed by atoms with E-state index in [0.29, 0.717) is 37.2 Å². The quantitative estimate of drug-likeness (QED) is 0.275. The summed E-state index contributed by atoms with van der Waals surface area (Å²) in [6.07, 6.45) is 3.28. The third kappa shape index (κ3) is 4.08. The third-order valence-electron chi connectivity index (χ3n) is 5.00. The van der Waals surface area contributed by atoms with E-state index < -0.39 is 0 Å². The number of nitrogens with one attached hydrogen (secondary N) is 2. The highest BCUT2D eigenvalue weighted by Crippen LogP contribution is 2.47. The van der Waals surface area contributed by atoms with E-state index in [0.717, 1.165) is 19.0 Å². The molecule has 3 saturated heterocycles. The normalized spacial score (nSPS) is 31.7. The van der Waals surface area contributed by atoms with Crippen LogP contribution in [0, 0.1) is 11.8 Å². The van der Waals surface area contributed by atoms with Gasteiger partial charge in [0.15, 0.2) is 5.96 Å². The van der Waals surface area contributed by atoms with Gasteiger partial charge in [-0.15, -0.1) is 24.0 Å². The van der Waals surface area contributed by atoms with Crippen molar-refractivity contribution in [2.45, 2.75) is 25.0 Å². The molecule has 0 saturated carbocycles. The van der Waals surface area contributed by atoms with Crippen LogP contribution in [0.15, 0.2) is 4.99 Å². The predicted molar refractivity (Wildman–Crippen MR) is 98.1 cm³/mol. The summed E-state index contributed by atoms with van der Waals surface area (Å²) >= 11 is 0. The number of hydrogen-bond donors (Lipinski definition) is 2. The molecule has 3 rings (SSSR count). The largest absolute Gasteiger partial charge is 0.383 e. The Bertz CT molecular complexity index is 430. The van der Waals surface area contributed by atoms with Gasteiger partial charge in [0.1, 0.15) is 0 Å². The fraction of sp³-hybridized carbons (Fsp3) is 0.867. The molecular weight excluding hydrogens is 411 g/mol. The first-order valence-electron chi connectivity index (χ1n) is 8.09. The Morgan fingerprint density at radius 2 is 1.91 bits per heavy atom. The molecule has 0 aromatic rings. The molecule has 3 aliphatic heterocycles. The molecule has 7 nitrogen and oxygen atoms in total. The second-order valence-corrected chi connectivity index (χ2v) is 6.27. The number of methoxy groups -OCH3 is 1. The van der Waals surface area contributed by atoms with Crippen LogP contribution in [0.2, 0.25) is 0 Å². The van der Waals surface area contributed by atoms with Crippen LogP contribution in [0.25, 0.3) is 0 Å². The van der Waals surface area contributed by atoms with Crippen LogP contribution >= 0.6 is 24.0 Å². The van der Waals surface area contributed by atoms with E-state index in [9.17, 15) is 4.79 Å². The first-order chi connectivity index (χ1) is 10.7. The number of hydrogen-bond acceptors (Lipinski definition) is 4. The van der Waals surface area contributed by atoms with E-state index in [1.807, 2.05) is 0 Å². The van der Waals surface area contributed by atoms with E-state index in [1.54, 1.807) is 14.2 Å². The zero-order chi connectivity index (χ0) is 15.5. The lowest BCUT2D eigenvalue weighted by atomic mass is 9.82. The summed E-state index contributed by atoms with van der Waals surface area (Å²) in [7, 11) is 3.39. The van der Waals surface area contributed by atoms with Gasteiger partial charge < -0.3 is 25.0 Å². The van der Waals surface area contributed by atoms with Crippen LogP contribution in [0.1, 0.15) is 12.8 Å². The highest BCUT2D eigenvalue weighted by molar-refractivity contribution is 14.0. The van der Waals surface area contributed by atoms with Gasteiger partial charge in [0.25, 0.3) is 0 Å². The highest BCUT2D eigenvalue weighted by Gasteiger charge is 2.53. The lowest BCUT2D eigenvalue weighted by Crippen LogP contribution is -2.45. The molecule has 0 aliphatic carbocycles. The molecule has 23 heavy (non-hydrogen) atoms. The molecule has 4 unspecified atom stereocenters. The van der Waals surface area contributed by atoms with Crippen LogP contribution < -0.4 is 10.6 Å². The summed E-state index contributed by atoms with van der Waals surface area (Å²) in [6, 6.07) is 0. The fourth-order valence-corrected chi connectivity index (χ4v) is 3.98. The average Bonchev–Trinajstić information content (AvgIpc) is 3.20. The Hall–Kier alpha value is -0.610. The van der Waals surface area contributed by atoms with Gasteiger partial charge in [-0.3, -0.25) is 9.79 Å². The van der Waals surface area contributed by atoms with E-state index in [1.165, 1.54) is 12.8 Å². The van der Waals surface area contributed by atoms with Crippen molar-refractivity contribution in [2.75, 3.05) is 46.9 Å². The van der Waals surface area contributed by atoms with Crippen molar-refractivity contribution < 1.29 is 14.3 Å². The molecule has 8 heteroatoms. The van der Waals surface area contributed by atoms with E-state index in [2.05, 4.69) is 20.5 Å². The molecule has 132 valence electrons. The zero-order valence-corrected chi connectivity index (χ0v) is 16.1. The monoisotopic (exact) mass is 438 g/mol. The SMILES string of the molecule is CN=C(NCC(=O)NCCOC)N1CC2C3CCC(O3)C2C1.I. The number of fused-ring (bicyclic) bond motifs is 5. The minimum atomic E-state index is -0.0407. The fourth-order valence-electron chi connectivity index (χ4n) is 3.98. The predicted octanol–water partition coefficient (Wildman–Crippen LogP) is 0.0516. The third-order valence-corrected chi connectivity index (χ3v) is 5.00. The summed E-state index contributed by atoms with van der Waals surface area (Å²) < 4.78 is 10.9. The minimum Gasteiger partial charge on any atom is -0.383 e. The second-order valence-electron chi connectivity index (χ2n) is 6.27. The Morgan fingerprint density at radius 3 is 2.48 bits per heavy atom. The molecule has 4 atom stereocenters. The van der Waals surface area contributed by atoms with Crippen molar-refractivity contribution >= 4 is 35.8 Å². The Kier molecular flexibility index (Phi) is 6.90. The van der Waals surface area contributed by atoms with E-state index in [-0.39, 0.29) is 36.4 Å². The summed E-state index contributed by atoms with van der Waals surface area (Å²) in [5.41, 5.74) is 0. The number of halogens is 1. The summed E-state index contributed by atoms with van der Waals surface area (Å²) in [5.74, 6) is 2.04. The summed E-state index contributed by atoms with van der Waals surface area (Å²) in [5, 5.41) is 5.96. The molecule has 3 fully saturated rings. The maximum atomic E-state index is 11.7. The smallest absolute Gasteiger partial charge is 0.239 e. The molecule has 0 aromatic carbocycles. The van der Waals surface area contributed by atoms with Crippen molar-refractivity contribution in [2.24, 2.45) is 16.8 Å². The van der Waals surface area contributed by atoms with Gasteiger partial charge in [0.2, 0.25) is 5.91 Å². The molecule has 0 spiro atoms. The topological polar surface area (TPSA) is 75.2 Å². The highest BCUT2D eigenvalue weighted by atomic mass is 127. The van der Waals surface area contributed by atoms with Crippen LogP contribution in [0.4, 0.5) is 0 Å². The number of ether oxygens (including phenoxy) is 2. The van der Waals surface area contributed by atoms with Gasteiger partial charge in [-0.1, -0.05) is 0 Å². The number of carbonyl (C=O) groups is 1. The van der Waals surface area contributed by atoms with Crippen molar-refractivity contribution in [3.8, 4) is 0 Å². The van der Waals surface area contributed by atoms with Gasteiger partial charge in [-0.25, -0.2) is 0 Å². The number of likely N-dealkylation sites (tertiary alicyclic amines) is 1. The van der Waals surface area contributed by atoms with E-state index in [4.69, 9.17) is 9.47 Å². The molecule has 0 radical (unpaired) electrons. The second kappa shape index (κ2) is 8.48. The number of guanidine groups is 1. The van der Waals surface area contributed by atoms with Gasteiger partial charge in [0, 0.05) is 45.6 Å². The van der Waals surface area contributed by atoms with Gasteiger partial charge in [-0.05, 0) is 12.8 Å². The van der Waals surface area contributed by atoms with Crippen molar-refractivity contribution in [3.63, 3.8) is 0 Å². The van der Waals surface area contributed by atoms with Crippen LogP contribution in [0.5, 0.6) is 0 Å². The maximum Gasteiger partial charge on any atom is 0.239 e. The number of amides is 1. The molecule has 3 aliphatic rings. The number of nitrogens with zero attached hydrogens (tertiary/aromatic N) is 2. The summed E-state index contributed by atoms with van der Waals surface area (Å²) in [4.78, 5) is 18.3.